The molecular formula is C17H18F2N4O. The standard InChI is InChI=1S/C17H18F2N4O/c18-13-7-15(19)16(21-9-13)17(24)22-14-4-2-6-23(11-14)10-12-3-1-5-20-8-12/h1,3,5,7-9,14H,2,4,6,10-11H2,(H,22,24)/t14-/m0/s1. The normalized spacial score (nSPS) is 18.3. The number of pyridine rings is 2. The fourth-order valence-corrected chi connectivity index (χ4v) is 2.90. The van der Waals surface area contributed by atoms with Crippen molar-refractivity contribution in [3.63, 3.8) is 0 Å². The third kappa shape index (κ3) is 4.11. The molecule has 1 fully saturated rings. The summed E-state index contributed by atoms with van der Waals surface area (Å²) < 4.78 is 26.5. The number of carbonyl (C=O) groups excluding carboxylic acids is 1. The summed E-state index contributed by atoms with van der Waals surface area (Å²) in [5.41, 5.74) is 0.733. The van der Waals surface area contributed by atoms with Crippen LogP contribution in [0.5, 0.6) is 0 Å². The van der Waals surface area contributed by atoms with E-state index >= 15 is 0 Å². The van der Waals surface area contributed by atoms with Gasteiger partial charge in [0.05, 0.1) is 6.20 Å². The van der Waals surface area contributed by atoms with Gasteiger partial charge in [0.1, 0.15) is 5.82 Å². The quantitative estimate of drug-likeness (QED) is 0.932. The largest absolute Gasteiger partial charge is 0.347 e. The van der Waals surface area contributed by atoms with E-state index in [-0.39, 0.29) is 11.7 Å². The van der Waals surface area contributed by atoms with Gasteiger partial charge in [-0.3, -0.25) is 14.7 Å². The Kier molecular flexibility index (Phi) is 5.10. The molecular weight excluding hydrogens is 314 g/mol. The number of halogens is 2. The van der Waals surface area contributed by atoms with Crippen LogP contribution in [0.2, 0.25) is 0 Å². The van der Waals surface area contributed by atoms with Gasteiger partial charge in [0, 0.05) is 37.6 Å². The van der Waals surface area contributed by atoms with Gasteiger partial charge in [-0.25, -0.2) is 13.8 Å². The molecule has 0 spiro atoms. The summed E-state index contributed by atoms with van der Waals surface area (Å²) in [6, 6.07) is 4.47. The van der Waals surface area contributed by atoms with Crippen molar-refractivity contribution in [1.82, 2.24) is 20.2 Å². The second kappa shape index (κ2) is 7.44. The van der Waals surface area contributed by atoms with Crippen LogP contribution in [0.4, 0.5) is 8.78 Å². The van der Waals surface area contributed by atoms with Gasteiger partial charge < -0.3 is 5.32 Å². The minimum Gasteiger partial charge on any atom is -0.347 e. The highest BCUT2D eigenvalue weighted by atomic mass is 19.1. The van der Waals surface area contributed by atoms with E-state index in [9.17, 15) is 13.6 Å². The Morgan fingerprint density at radius 3 is 3.00 bits per heavy atom. The number of nitrogens with one attached hydrogen (secondary N) is 1. The Morgan fingerprint density at radius 2 is 2.25 bits per heavy atom. The van der Waals surface area contributed by atoms with Crippen molar-refractivity contribution < 1.29 is 13.6 Å². The molecule has 0 aliphatic carbocycles. The Bertz CT molecular complexity index is 711. The topological polar surface area (TPSA) is 58.1 Å². The van der Waals surface area contributed by atoms with Gasteiger partial charge in [-0.05, 0) is 31.0 Å². The van der Waals surface area contributed by atoms with Gasteiger partial charge >= 0.3 is 0 Å². The Hall–Kier alpha value is -2.41. The number of likely N-dealkylation sites (tertiary alicyclic amines) is 1. The number of aromatic nitrogens is 2. The minimum atomic E-state index is -0.949. The van der Waals surface area contributed by atoms with Crippen molar-refractivity contribution in [2.24, 2.45) is 0 Å². The maximum atomic E-state index is 13.6. The van der Waals surface area contributed by atoms with Crippen LogP contribution in [-0.2, 0) is 6.54 Å². The second-order valence-corrected chi connectivity index (χ2v) is 5.89. The molecule has 1 N–H and O–H groups in total. The molecule has 1 aliphatic rings. The average molecular weight is 332 g/mol. The zero-order chi connectivity index (χ0) is 16.9. The summed E-state index contributed by atoms with van der Waals surface area (Å²) in [4.78, 5) is 22.0. The minimum absolute atomic E-state index is 0.0887. The second-order valence-electron chi connectivity index (χ2n) is 5.89. The van der Waals surface area contributed by atoms with E-state index in [4.69, 9.17) is 0 Å². The summed E-state index contributed by atoms with van der Waals surface area (Å²) >= 11 is 0. The zero-order valence-corrected chi connectivity index (χ0v) is 13.1. The Morgan fingerprint density at radius 1 is 1.38 bits per heavy atom. The lowest BCUT2D eigenvalue weighted by atomic mass is 10.0. The summed E-state index contributed by atoms with van der Waals surface area (Å²) in [6.45, 7) is 2.36. The molecule has 2 aromatic heterocycles. The number of hydrogen-bond acceptors (Lipinski definition) is 4. The highest BCUT2D eigenvalue weighted by Crippen LogP contribution is 2.14. The molecule has 5 nitrogen and oxygen atoms in total. The van der Waals surface area contributed by atoms with Gasteiger partial charge in [-0.15, -0.1) is 0 Å². The molecule has 0 saturated carbocycles. The van der Waals surface area contributed by atoms with E-state index in [2.05, 4.69) is 20.2 Å². The number of rotatable bonds is 4. The van der Waals surface area contributed by atoms with Crippen molar-refractivity contribution >= 4 is 5.91 Å². The van der Waals surface area contributed by atoms with Crippen LogP contribution in [-0.4, -0.2) is 39.9 Å². The van der Waals surface area contributed by atoms with Crippen molar-refractivity contribution in [2.45, 2.75) is 25.4 Å². The molecule has 1 amide bonds. The van der Waals surface area contributed by atoms with Gasteiger partial charge in [0.2, 0.25) is 0 Å². The molecule has 1 saturated heterocycles. The van der Waals surface area contributed by atoms with Gasteiger partial charge in [-0.2, -0.15) is 0 Å². The molecule has 1 aliphatic heterocycles. The third-order valence-corrected chi connectivity index (χ3v) is 3.99. The maximum absolute atomic E-state index is 13.6. The molecule has 24 heavy (non-hydrogen) atoms. The lowest BCUT2D eigenvalue weighted by Crippen LogP contribution is -2.47. The van der Waals surface area contributed by atoms with Crippen molar-refractivity contribution in [1.29, 1.82) is 0 Å². The van der Waals surface area contributed by atoms with Crippen molar-refractivity contribution in [3.05, 3.63) is 59.7 Å². The SMILES string of the molecule is O=C(N[C@H]1CCCN(Cc2cccnc2)C1)c1ncc(F)cc1F. The van der Waals surface area contributed by atoms with Crippen LogP contribution in [0.15, 0.2) is 36.8 Å². The fraction of sp³-hybridized carbons (Fsp3) is 0.353. The van der Waals surface area contributed by atoms with Crippen LogP contribution in [0.25, 0.3) is 0 Å². The predicted octanol–water partition coefficient (Wildman–Crippen LogP) is 2.15. The maximum Gasteiger partial charge on any atom is 0.273 e. The van der Waals surface area contributed by atoms with Crippen LogP contribution in [0.3, 0.4) is 0 Å². The summed E-state index contributed by atoms with van der Waals surface area (Å²) in [7, 11) is 0. The molecule has 2 aromatic rings. The van der Waals surface area contributed by atoms with Gasteiger partial charge in [-0.1, -0.05) is 6.07 Å². The number of hydrogen-bond donors (Lipinski definition) is 1. The monoisotopic (exact) mass is 332 g/mol. The smallest absolute Gasteiger partial charge is 0.273 e. The number of carbonyl (C=O) groups is 1. The summed E-state index contributed by atoms with van der Waals surface area (Å²) in [5, 5.41) is 2.79. The predicted molar refractivity (Wildman–Crippen MR) is 84.2 cm³/mol. The summed E-state index contributed by atoms with van der Waals surface area (Å²) in [6.07, 6.45) is 6.14. The molecule has 0 radical (unpaired) electrons. The highest BCUT2D eigenvalue weighted by Gasteiger charge is 2.23. The fourth-order valence-electron chi connectivity index (χ4n) is 2.90. The van der Waals surface area contributed by atoms with E-state index in [0.29, 0.717) is 12.6 Å². The van der Waals surface area contributed by atoms with Crippen LogP contribution < -0.4 is 5.32 Å². The highest BCUT2D eigenvalue weighted by molar-refractivity contribution is 5.92. The van der Waals surface area contributed by atoms with E-state index in [0.717, 1.165) is 37.7 Å². The lowest BCUT2D eigenvalue weighted by molar-refractivity contribution is 0.0891. The van der Waals surface area contributed by atoms with E-state index < -0.39 is 17.5 Å². The molecule has 0 unspecified atom stereocenters. The van der Waals surface area contributed by atoms with Crippen molar-refractivity contribution in [3.8, 4) is 0 Å². The van der Waals surface area contributed by atoms with E-state index in [1.54, 1.807) is 6.20 Å². The van der Waals surface area contributed by atoms with Crippen molar-refractivity contribution in [2.75, 3.05) is 13.1 Å². The average Bonchev–Trinajstić information content (AvgIpc) is 2.56. The molecule has 3 rings (SSSR count). The molecule has 1 atom stereocenters. The molecule has 7 heteroatoms. The first-order chi connectivity index (χ1) is 11.6. The number of nitrogens with zero attached hydrogens (tertiary/aromatic N) is 3. The van der Waals surface area contributed by atoms with Gasteiger partial charge in [0.15, 0.2) is 11.5 Å². The molecule has 126 valence electrons. The third-order valence-electron chi connectivity index (χ3n) is 3.99. The molecule has 0 bridgehead atoms. The van der Waals surface area contributed by atoms with Crippen LogP contribution in [0, 0.1) is 11.6 Å². The zero-order valence-electron chi connectivity index (χ0n) is 13.1. The number of amides is 1. The van der Waals surface area contributed by atoms with Gasteiger partial charge in [0.25, 0.3) is 5.91 Å². The van der Waals surface area contributed by atoms with Crippen LogP contribution in [0.1, 0.15) is 28.9 Å². The van der Waals surface area contributed by atoms with E-state index in [1.807, 2.05) is 18.3 Å². The first kappa shape index (κ1) is 16.4. The first-order valence-electron chi connectivity index (χ1n) is 7.85. The lowest BCUT2D eigenvalue weighted by Gasteiger charge is -2.33. The summed E-state index contributed by atoms with van der Waals surface area (Å²) in [5.74, 6) is -2.36. The molecule has 3 heterocycles. The molecule has 0 aromatic carbocycles. The Labute approximate surface area is 138 Å². The first-order valence-corrected chi connectivity index (χ1v) is 7.85. The van der Waals surface area contributed by atoms with E-state index in [1.165, 1.54) is 0 Å². The number of piperidine rings is 1. The Balaban J connectivity index is 1.59. The van der Waals surface area contributed by atoms with Crippen LogP contribution >= 0.6 is 0 Å².